The van der Waals surface area contributed by atoms with E-state index in [1.54, 1.807) is 0 Å². The third-order valence-corrected chi connectivity index (χ3v) is 3.78. The standard InChI is InChI=1S/C14H31N3O/c1-13(2,9-10-15)8-7-12(18)16-11-14(3,4)17(5)6/h7-11,15H2,1-6H3,(H,16,18). The van der Waals surface area contributed by atoms with Crippen LogP contribution in [-0.4, -0.2) is 43.5 Å². The third-order valence-electron chi connectivity index (χ3n) is 3.78. The molecule has 18 heavy (non-hydrogen) atoms. The number of amides is 1. The Morgan fingerprint density at radius 2 is 1.72 bits per heavy atom. The van der Waals surface area contributed by atoms with E-state index in [9.17, 15) is 4.79 Å². The SMILES string of the molecule is CN(C)C(C)(C)CNC(=O)CCC(C)(C)CCN. The Morgan fingerprint density at radius 1 is 1.17 bits per heavy atom. The zero-order valence-corrected chi connectivity index (χ0v) is 13.0. The zero-order valence-electron chi connectivity index (χ0n) is 13.0. The molecule has 0 aliphatic rings. The summed E-state index contributed by atoms with van der Waals surface area (Å²) in [5.74, 6) is 0.134. The molecule has 3 N–H and O–H groups in total. The molecule has 108 valence electrons. The normalized spacial score (nSPS) is 12.9. The molecule has 0 radical (unpaired) electrons. The van der Waals surface area contributed by atoms with E-state index in [1.807, 2.05) is 14.1 Å². The number of nitrogens with zero attached hydrogens (tertiary/aromatic N) is 1. The summed E-state index contributed by atoms with van der Waals surface area (Å²) in [6.45, 7) is 9.92. The molecule has 0 saturated heterocycles. The lowest BCUT2D eigenvalue weighted by Crippen LogP contribution is -2.48. The van der Waals surface area contributed by atoms with Gasteiger partial charge in [0.1, 0.15) is 0 Å². The van der Waals surface area contributed by atoms with E-state index in [4.69, 9.17) is 5.73 Å². The van der Waals surface area contributed by atoms with E-state index >= 15 is 0 Å². The lowest BCUT2D eigenvalue weighted by atomic mass is 9.84. The van der Waals surface area contributed by atoms with Gasteiger partial charge in [0.05, 0.1) is 0 Å². The van der Waals surface area contributed by atoms with Crippen molar-refractivity contribution in [3.8, 4) is 0 Å². The largest absolute Gasteiger partial charge is 0.354 e. The van der Waals surface area contributed by atoms with E-state index in [1.165, 1.54) is 0 Å². The van der Waals surface area contributed by atoms with E-state index in [2.05, 4.69) is 37.9 Å². The second-order valence-corrected chi connectivity index (χ2v) is 6.69. The van der Waals surface area contributed by atoms with Crippen molar-refractivity contribution in [2.24, 2.45) is 11.1 Å². The summed E-state index contributed by atoms with van der Waals surface area (Å²) >= 11 is 0. The van der Waals surface area contributed by atoms with Gasteiger partial charge in [0.15, 0.2) is 0 Å². The van der Waals surface area contributed by atoms with Crippen LogP contribution >= 0.6 is 0 Å². The lowest BCUT2D eigenvalue weighted by Gasteiger charge is -2.32. The van der Waals surface area contributed by atoms with E-state index in [0.29, 0.717) is 19.5 Å². The van der Waals surface area contributed by atoms with E-state index < -0.39 is 0 Å². The first-order valence-corrected chi connectivity index (χ1v) is 6.75. The van der Waals surface area contributed by atoms with E-state index in [0.717, 1.165) is 12.8 Å². The lowest BCUT2D eigenvalue weighted by molar-refractivity contribution is -0.122. The number of nitrogens with two attached hydrogens (primary N) is 1. The highest BCUT2D eigenvalue weighted by atomic mass is 16.1. The van der Waals surface area contributed by atoms with Crippen molar-refractivity contribution in [1.29, 1.82) is 0 Å². The first-order valence-electron chi connectivity index (χ1n) is 6.75. The van der Waals surface area contributed by atoms with Crippen LogP contribution < -0.4 is 11.1 Å². The van der Waals surface area contributed by atoms with Crippen molar-refractivity contribution in [3.63, 3.8) is 0 Å². The Morgan fingerprint density at radius 3 is 2.17 bits per heavy atom. The fourth-order valence-electron chi connectivity index (χ4n) is 1.53. The molecule has 4 heteroatoms. The Bertz CT molecular complexity index is 260. The van der Waals surface area contributed by atoms with Crippen LogP contribution in [0.25, 0.3) is 0 Å². The quantitative estimate of drug-likeness (QED) is 0.694. The highest BCUT2D eigenvalue weighted by molar-refractivity contribution is 5.75. The van der Waals surface area contributed by atoms with Gasteiger partial charge in [-0.3, -0.25) is 4.79 Å². The predicted molar refractivity (Wildman–Crippen MR) is 77.5 cm³/mol. The molecule has 0 fully saturated rings. The van der Waals surface area contributed by atoms with Crippen LogP contribution in [0.5, 0.6) is 0 Å². The highest BCUT2D eigenvalue weighted by Gasteiger charge is 2.22. The van der Waals surface area contributed by atoms with Crippen molar-refractivity contribution < 1.29 is 4.79 Å². The van der Waals surface area contributed by atoms with Gasteiger partial charge in [-0.15, -0.1) is 0 Å². The Hall–Kier alpha value is -0.610. The fourth-order valence-corrected chi connectivity index (χ4v) is 1.53. The number of rotatable bonds is 8. The second kappa shape index (κ2) is 7.10. The van der Waals surface area contributed by atoms with Gasteiger partial charge in [-0.05, 0) is 52.7 Å². The topological polar surface area (TPSA) is 58.4 Å². The van der Waals surface area contributed by atoms with Crippen LogP contribution in [0.2, 0.25) is 0 Å². The Kier molecular flexibility index (Phi) is 6.86. The predicted octanol–water partition coefficient (Wildman–Crippen LogP) is 1.60. The Balaban J connectivity index is 4.00. The van der Waals surface area contributed by atoms with Crippen LogP contribution in [0, 0.1) is 5.41 Å². The molecule has 0 unspecified atom stereocenters. The first-order chi connectivity index (χ1) is 8.10. The monoisotopic (exact) mass is 257 g/mol. The minimum atomic E-state index is -0.0115. The van der Waals surface area contributed by atoms with Gasteiger partial charge in [-0.2, -0.15) is 0 Å². The smallest absolute Gasteiger partial charge is 0.220 e. The van der Waals surface area contributed by atoms with Crippen molar-refractivity contribution >= 4 is 5.91 Å². The van der Waals surface area contributed by atoms with Crippen LogP contribution in [0.4, 0.5) is 0 Å². The molecule has 0 saturated carbocycles. The molecule has 0 aromatic heterocycles. The van der Waals surface area contributed by atoms with Crippen LogP contribution in [0.3, 0.4) is 0 Å². The van der Waals surface area contributed by atoms with Gasteiger partial charge in [0, 0.05) is 18.5 Å². The van der Waals surface area contributed by atoms with Crippen molar-refractivity contribution in [1.82, 2.24) is 10.2 Å². The number of carbonyl (C=O) groups is 1. The maximum absolute atomic E-state index is 11.8. The number of nitrogens with one attached hydrogen (secondary N) is 1. The van der Waals surface area contributed by atoms with E-state index in [-0.39, 0.29) is 16.9 Å². The molecule has 1 amide bonds. The molecule has 0 heterocycles. The summed E-state index contributed by atoms with van der Waals surface area (Å²) < 4.78 is 0. The Labute approximate surface area is 112 Å². The molecular weight excluding hydrogens is 226 g/mol. The summed E-state index contributed by atoms with van der Waals surface area (Å²) in [6.07, 6.45) is 2.43. The molecule has 0 rings (SSSR count). The van der Waals surface area contributed by atoms with Crippen LogP contribution in [0.1, 0.15) is 47.0 Å². The molecule has 0 aliphatic carbocycles. The van der Waals surface area contributed by atoms with Gasteiger partial charge < -0.3 is 16.0 Å². The van der Waals surface area contributed by atoms with Gasteiger partial charge in [0.25, 0.3) is 0 Å². The van der Waals surface area contributed by atoms with Gasteiger partial charge in [-0.25, -0.2) is 0 Å². The van der Waals surface area contributed by atoms with Crippen molar-refractivity contribution in [3.05, 3.63) is 0 Å². The molecule has 0 aromatic rings. The molecular formula is C14H31N3O. The number of hydrogen-bond acceptors (Lipinski definition) is 3. The zero-order chi connectivity index (χ0) is 14.4. The van der Waals surface area contributed by atoms with Gasteiger partial charge >= 0.3 is 0 Å². The maximum atomic E-state index is 11.8. The first kappa shape index (κ1) is 17.4. The minimum absolute atomic E-state index is 0.0115. The maximum Gasteiger partial charge on any atom is 0.220 e. The average molecular weight is 257 g/mol. The summed E-state index contributed by atoms with van der Waals surface area (Å²) in [4.78, 5) is 13.9. The van der Waals surface area contributed by atoms with Crippen molar-refractivity contribution in [2.75, 3.05) is 27.2 Å². The molecule has 0 aliphatic heterocycles. The molecule has 0 spiro atoms. The fraction of sp³-hybridized carbons (Fsp3) is 0.929. The average Bonchev–Trinajstić information content (AvgIpc) is 2.23. The highest BCUT2D eigenvalue weighted by Crippen LogP contribution is 2.25. The summed E-state index contributed by atoms with van der Waals surface area (Å²) in [5.41, 5.74) is 5.71. The third kappa shape index (κ3) is 6.97. The van der Waals surface area contributed by atoms with Crippen LogP contribution in [-0.2, 0) is 4.79 Å². The summed E-state index contributed by atoms with van der Waals surface area (Å²) in [6, 6.07) is 0. The van der Waals surface area contributed by atoms with Crippen LogP contribution in [0.15, 0.2) is 0 Å². The molecule has 0 bridgehead atoms. The number of likely N-dealkylation sites (N-methyl/N-ethyl adjacent to an activating group) is 1. The van der Waals surface area contributed by atoms with Gasteiger partial charge in [0.2, 0.25) is 5.91 Å². The second-order valence-electron chi connectivity index (χ2n) is 6.69. The molecule has 4 nitrogen and oxygen atoms in total. The molecule has 0 aromatic carbocycles. The van der Waals surface area contributed by atoms with Gasteiger partial charge in [-0.1, -0.05) is 13.8 Å². The minimum Gasteiger partial charge on any atom is -0.354 e. The van der Waals surface area contributed by atoms with Crippen molar-refractivity contribution in [2.45, 2.75) is 52.5 Å². The number of hydrogen-bond donors (Lipinski definition) is 2. The molecule has 0 atom stereocenters. The summed E-state index contributed by atoms with van der Waals surface area (Å²) in [7, 11) is 4.05. The summed E-state index contributed by atoms with van der Waals surface area (Å²) in [5, 5.41) is 3.01. The number of carbonyl (C=O) groups excluding carboxylic acids is 1.